The van der Waals surface area contributed by atoms with Gasteiger partial charge in [-0.2, -0.15) is 0 Å². The highest BCUT2D eigenvalue weighted by Gasteiger charge is 2.16. The Kier molecular flexibility index (Phi) is 3.86. The molecule has 2 rings (SSSR count). The maximum atomic E-state index is 13.4. The number of nitrogens with one attached hydrogen (secondary N) is 1. The van der Waals surface area contributed by atoms with Crippen molar-refractivity contribution in [3.63, 3.8) is 0 Å². The third-order valence-corrected chi connectivity index (χ3v) is 2.93. The Bertz CT molecular complexity index is 412. The summed E-state index contributed by atoms with van der Waals surface area (Å²) in [6.07, 6.45) is 5.05. The molecule has 92 valence electrons. The van der Waals surface area contributed by atoms with E-state index in [4.69, 9.17) is 0 Å². The molecule has 0 aliphatic heterocycles. The number of hydrogen-bond donors (Lipinski definition) is 2. The Labute approximate surface area is 99.0 Å². The van der Waals surface area contributed by atoms with Crippen LogP contribution in [0.4, 0.5) is 8.78 Å². The molecule has 1 aromatic rings. The van der Waals surface area contributed by atoms with Crippen molar-refractivity contribution in [2.75, 3.05) is 6.54 Å². The SMILES string of the molecule is OC(CNC1CC=CC1)c1ccc(F)cc1F. The molecule has 17 heavy (non-hydrogen) atoms. The Hall–Kier alpha value is -1.26. The highest BCUT2D eigenvalue weighted by Crippen LogP contribution is 2.18. The Morgan fingerprint density at radius 1 is 1.29 bits per heavy atom. The predicted octanol–water partition coefficient (Wildman–Crippen LogP) is 2.31. The maximum absolute atomic E-state index is 13.4. The Morgan fingerprint density at radius 3 is 2.65 bits per heavy atom. The molecule has 1 aromatic carbocycles. The van der Waals surface area contributed by atoms with Gasteiger partial charge in [-0.3, -0.25) is 0 Å². The lowest BCUT2D eigenvalue weighted by Gasteiger charge is -2.16. The number of rotatable bonds is 4. The van der Waals surface area contributed by atoms with Crippen LogP contribution in [0.5, 0.6) is 0 Å². The van der Waals surface area contributed by atoms with Crippen molar-refractivity contribution in [2.24, 2.45) is 0 Å². The fourth-order valence-electron chi connectivity index (χ4n) is 1.94. The Balaban J connectivity index is 1.92. The van der Waals surface area contributed by atoms with Gasteiger partial charge in [-0.05, 0) is 18.9 Å². The average Bonchev–Trinajstić information content (AvgIpc) is 2.78. The lowest BCUT2D eigenvalue weighted by atomic mass is 10.1. The molecular formula is C13H15F2NO. The van der Waals surface area contributed by atoms with Crippen LogP contribution in [-0.4, -0.2) is 17.7 Å². The second-order valence-corrected chi connectivity index (χ2v) is 4.23. The van der Waals surface area contributed by atoms with Crippen molar-refractivity contribution in [3.05, 3.63) is 47.5 Å². The van der Waals surface area contributed by atoms with E-state index in [2.05, 4.69) is 17.5 Å². The standard InChI is InChI=1S/C13H15F2NO/c14-9-5-6-11(12(15)7-9)13(17)8-16-10-3-1-2-4-10/h1-2,5-7,10,13,16-17H,3-4,8H2. The fourth-order valence-corrected chi connectivity index (χ4v) is 1.94. The molecule has 0 saturated carbocycles. The van der Waals surface area contributed by atoms with Gasteiger partial charge in [0.2, 0.25) is 0 Å². The monoisotopic (exact) mass is 239 g/mol. The highest BCUT2D eigenvalue weighted by atomic mass is 19.1. The summed E-state index contributed by atoms with van der Waals surface area (Å²) in [5.74, 6) is -1.34. The van der Waals surface area contributed by atoms with E-state index in [1.54, 1.807) is 0 Å². The van der Waals surface area contributed by atoms with Gasteiger partial charge < -0.3 is 10.4 Å². The van der Waals surface area contributed by atoms with Crippen LogP contribution in [0.25, 0.3) is 0 Å². The van der Waals surface area contributed by atoms with Gasteiger partial charge in [-0.1, -0.05) is 18.2 Å². The van der Waals surface area contributed by atoms with Crippen molar-refractivity contribution in [2.45, 2.75) is 25.0 Å². The molecular weight excluding hydrogens is 224 g/mol. The fraction of sp³-hybridized carbons (Fsp3) is 0.385. The van der Waals surface area contributed by atoms with Gasteiger partial charge in [0.05, 0.1) is 6.10 Å². The van der Waals surface area contributed by atoms with Gasteiger partial charge >= 0.3 is 0 Å². The van der Waals surface area contributed by atoms with Gasteiger partial charge in [0.25, 0.3) is 0 Å². The first-order valence-electron chi connectivity index (χ1n) is 5.68. The summed E-state index contributed by atoms with van der Waals surface area (Å²) >= 11 is 0. The first kappa shape index (κ1) is 12.2. The van der Waals surface area contributed by atoms with Crippen LogP contribution in [0.15, 0.2) is 30.4 Å². The number of benzene rings is 1. The molecule has 0 aromatic heterocycles. The second kappa shape index (κ2) is 5.38. The minimum Gasteiger partial charge on any atom is -0.387 e. The van der Waals surface area contributed by atoms with Gasteiger partial charge in [0.15, 0.2) is 0 Å². The maximum Gasteiger partial charge on any atom is 0.131 e. The van der Waals surface area contributed by atoms with E-state index in [0.717, 1.165) is 25.0 Å². The van der Waals surface area contributed by atoms with E-state index in [0.29, 0.717) is 6.04 Å². The summed E-state index contributed by atoms with van der Waals surface area (Å²) in [5.41, 5.74) is 0.129. The predicted molar refractivity (Wildman–Crippen MR) is 61.5 cm³/mol. The zero-order valence-corrected chi connectivity index (χ0v) is 9.37. The summed E-state index contributed by atoms with van der Waals surface area (Å²) in [6.45, 7) is 0.273. The molecule has 0 radical (unpaired) electrons. The minimum absolute atomic E-state index is 0.129. The van der Waals surface area contributed by atoms with E-state index in [9.17, 15) is 13.9 Å². The quantitative estimate of drug-likeness (QED) is 0.790. The van der Waals surface area contributed by atoms with Crippen LogP contribution in [-0.2, 0) is 0 Å². The van der Waals surface area contributed by atoms with E-state index >= 15 is 0 Å². The topological polar surface area (TPSA) is 32.3 Å². The lowest BCUT2D eigenvalue weighted by molar-refractivity contribution is 0.165. The lowest BCUT2D eigenvalue weighted by Crippen LogP contribution is -2.30. The van der Waals surface area contributed by atoms with Crippen molar-refractivity contribution < 1.29 is 13.9 Å². The molecule has 0 bridgehead atoms. The van der Waals surface area contributed by atoms with Crippen molar-refractivity contribution in [1.82, 2.24) is 5.32 Å². The molecule has 2 N–H and O–H groups in total. The molecule has 0 amide bonds. The zero-order valence-electron chi connectivity index (χ0n) is 9.37. The van der Waals surface area contributed by atoms with Crippen molar-refractivity contribution >= 4 is 0 Å². The molecule has 0 spiro atoms. The van der Waals surface area contributed by atoms with Crippen molar-refractivity contribution in [1.29, 1.82) is 0 Å². The molecule has 1 aliphatic rings. The summed E-state index contributed by atoms with van der Waals surface area (Å²) in [4.78, 5) is 0. The summed E-state index contributed by atoms with van der Waals surface area (Å²) in [5, 5.41) is 13.0. The third-order valence-electron chi connectivity index (χ3n) is 2.93. The number of hydrogen-bond acceptors (Lipinski definition) is 2. The van der Waals surface area contributed by atoms with Gasteiger partial charge in [-0.25, -0.2) is 8.78 Å². The summed E-state index contributed by atoms with van der Waals surface area (Å²) in [7, 11) is 0. The molecule has 1 unspecified atom stereocenters. The average molecular weight is 239 g/mol. The number of aliphatic hydroxyl groups excluding tert-OH is 1. The minimum atomic E-state index is -0.948. The van der Waals surface area contributed by atoms with Crippen LogP contribution in [0.3, 0.4) is 0 Å². The van der Waals surface area contributed by atoms with Crippen LogP contribution in [0, 0.1) is 11.6 Å². The molecule has 4 heteroatoms. The highest BCUT2D eigenvalue weighted by molar-refractivity contribution is 5.21. The smallest absolute Gasteiger partial charge is 0.131 e. The van der Waals surface area contributed by atoms with Gasteiger partial charge in [0, 0.05) is 24.2 Å². The molecule has 1 aliphatic carbocycles. The van der Waals surface area contributed by atoms with Crippen LogP contribution >= 0.6 is 0 Å². The zero-order chi connectivity index (χ0) is 12.3. The van der Waals surface area contributed by atoms with Crippen LogP contribution in [0.2, 0.25) is 0 Å². The summed E-state index contributed by atoms with van der Waals surface area (Å²) < 4.78 is 26.1. The molecule has 0 fully saturated rings. The van der Waals surface area contributed by atoms with Gasteiger partial charge in [0.1, 0.15) is 11.6 Å². The van der Waals surface area contributed by atoms with Gasteiger partial charge in [-0.15, -0.1) is 0 Å². The van der Waals surface area contributed by atoms with Crippen molar-refractivity contribution in [3.8, 4) is 0 Å². The van der Waals surface area contributed by atoms with E-state index < -0.39 is 17.7 Å². The van der Waals surface area contributed by atoms with Crippen LogP contribution < -0.4 is 5.32 Å². The number of aliphatic hydroxyl groups is 1. The largest absolute Gasteiger partial charge is 0.387 e. The summed E-state index contributed by atoms with van der Waals surface area (Å²) in [6, 6.07) is 3.53. The first-order valence-corrected chi connectivity index (χ1v) is 5.68. The first-order chi connectivity index (χ1) is 8.16. The molecule has 0 heterocycles. The second-order valence-electron chi connectivity index (χ2n) is 4.23. The molecule has 1 atom stereocenters. The molecule has 2 nitrogen and oxygen atoms in total. The van der Waals surface area contributed by atoms with E-state index in [-0.39, 0.29) is 12.1 Å². The Morgan fingerprint density at radius 2 is 2.00 bits per heavy atom. The number of halogens is 2. The van der Waals surface area contributed by atoms with E-state index in [1.807, 2.05) is 0 Å². The van der Waals surface area contributed by atoms with Crippen LogP contribution in [0.1, 0.15) is 24.5 Å². The normalized spacial score (nSPS) is 17.6. The van der Waals surface area contributed by atoms with E-state index in [1.165, 1.54) is 6.07 Å². The third kappa shape index (κ3) is 3.11. The molecule has 0 saturated heterocycles.